The van der Waals surface area contributed by atoms with Crippen molar-refractivity contribution in [1.82, 2.24) is 0 Å². The fourth-order valence-corrected chi connectivity index (χ4v) is 3.62. The molecule has 0 aromatic carbocycles. The van der Waals surface area contributed by atoms with Gasteiger partial charge in [-0.1, -0.05) is 20.3 Å². The van der Waals surface area contributed by atoms with Crippen molar-refractivity contribution in [2.45, 2.75) is 32.1 Å². The third-order valence-corrected chi connectivity index (χ3v) is 4.87. The first-order valence-electron chi connectivity index (χ1n) is 4.53. The Bertz CT molecular complexity index is 259. The largest absolute Gasteiger partial charge is 0.146 e. The van der Waals surface area contributed by atoms with Crippen molar-refractivity contribution in [2.24, 2.45) is 5.92 Å². The third-order valence-electron chi connectivity index (χ3n) is 2.14. The van der Waals surface area contributed by atoms with Gasteiger partial charge in [0.15, 0.2) is 0 Å². The average Bonchev–Trinajstić information content (AvgIpc) is 2.50. The molecule has 1 heterocycles. The van der Waals surface area contributed by atoms with Crippen LogP contribution in [0.1, 0.15) is 36.9 Å². The topological polar surface area (TPSA) is 0 Å². The van der Waals surface area contributed by atoms with Crippen LogP contribution < -0.4 is 0 Å². The maximum Gasteiger partial charge on any atom is 0.0715 e. The Hall–Kier alpha value is 0.470. The summed E-state index contributed by atoms with van der Waals surface area (Å²) in [6, 6.07) is 2.06. The Morgan fingerprint density at radius 2 is 2.31 bits per heavy atom. The molecule has 0 saturated carbocycles. The first-order valence-corrected chi connectivity index (χ1v) is 6.64. The van der Waals surface area contributed by atoms with Gasteiger partial charge in [-0.05, 0) is 39.7 Å². The molecule has 74 valence electrons. The lowest BCUT2D eigenvalue weighted by atomic mass is 10.0. The van der Waals surface area contributed by atoms with E-state index in [-0.39, 0.29) is 5.38 Å². The molecule has 3 heteroatoms. The Kier molecular flexibility index (Phi) is 4.77. The maximum atomic E-state index is 6.36. The van der Waals surface area contributed by atoms with Crippen molar-refractivity contribution in [3.8, 4) is 0 Å². The van der Waals surface area contributed by atoms with Gasteiger partial charge in [0.25, 0.3) is 0 Å². The van der Waals surface area contributed by atoms with Crippen LogP contribution in [0.3, 0.4) is 0 Å². The van der Waals surface area contributed by atoms with Crippen molar-refractivity contribution in [3.63, 3.8) is 0 Å². The summed E-state index contributed by atoms with van der Waals surface area (Å²) in [6.07, 6.45) is 2.39. The molecule has 0 bridgehead atoms. The summed E-state index contributed by atoms with van der Waals surface area (Å²) in [4.78, 5) is 1.27. The fourth-order valence-electron chi connectivity index (χ4n) is 1.36. The van der Waals surface area contributed by atoms with Crippen LogP contribution in [0.2, 0.25) is 0 Å². The number of halogens is 2. The Balaban J connectivity index is 2.67. The molecule has 0 aliphatic heterocycles. The summed E-state index contributed by atoms with van der Waals surface area (Å²) >= 11 is 11.6. The molecule has 2 atom stereocenters. The number of hydrogen-bond donors (Lipinski definition) is 0. The van der Waals surface area contributed by atoms with Crippen LogP contribution in [0.4, 0.5) is 0 Å². The van der Waals surface area contributed by atoms with Crippen molar-refractivity contribution in [1.29, 1.82) is 0 Å². The highest BCUT2D eigenvalue weighted by atomic mass is 79.9. The molecule has 1 aromatic rings. The SMILES string of the molecule is CCCC(C)C(Cl)c1sccc1Br. The molecular weight excluding hydrogens is 268 g/mol. The van der Waals surface area contributed by atoms with Crippen LogP contribution in [0.15, 0.2) is 15.9 Å². The summed E-state index contributed by atoms with van der Waals surface area (Å²) < 4.78 is 1.15. The quantitative estimate of drug-likeness (QED) is 0.663. The van der Waals surface area contributed by atoms with Gasteiger partial charge in [0.1, 0.15) is 0 Å². The number of rotatable bonds is 4. The summed E-state index contributed by atoms with van der Waals surface area (Å²) in [5.74, 6) is 0.557. The van der Waals surface area contributed by atoms with E-state index in [1.165, 1.54) is 17.7 Å². The molecule has 13 heavy (non-hydrogen) atoms. The maximum absolute atomic E-state index is 6.36. The normalized spacial score (nSPS) is 15.7. The predicted molar refractivity (Wildman–Crippen MR) is 64.7 cm³/mol. The predicted octanol–water partition coefficient (Wildman–Crippen LogP) is 5.23. The van der Waals surface area contributed by atoms with E-state index < -0.39 is 0 Å². The molecule has 0 amide bonds. The van der Waals surface area contributed by atoms with Crippen molar-refractivity contribution in [2.75, 3.05) is 0 Å². The van der Waals surface area contributed by atoms with E-state index in [1.807, 2.05) is 0 Å². The number of hydrogen-bond acceptors (Lipinski definition) is 1. The van der Waals surface area contributed by atoms with E-state index in [1.54, 1.807) is 11.3 Å². The van der Waals surface area contributed by atoms with E-state index >= 15 is 0 Å². The van der Waals surface area contributed by atoms with Crippen molar-refractivity contribution < 1.29 is 0 Å². The standard InChI is InChI=1S/C10H14BrClS/c1-3-4-7(2)9(12)10-8(11)5-6-13-10/h5-7,9H,3-4H2,1-2H3. The van der Waals surface area contributed by atoms with Crippen LogP contribution >= 0.6 is 38.9 Å². The molecule has 1 rings (SSSR count). The Morgan fingerprint density at radius 3 is 2.77 bits per heavy atom. The fraction of sp³-hybridized carbons (Fsp3) is 0.600. The highest BCUT2D eigenvalue weighted by molar-refractivity contribution is 9.10. The molecule has 0 aliphatic rings. The molecule has 0 radical (unpaired) electrons. The zero-order chi connectivity index (χ0) is 9.84. The lowest BCUT2D eigenvalue weighted by Gasteiger charge is -2.16. The van der Waals surface area contributed by atoms with Crippen LogP contribution in [0.25, 0.3) is 0 Å². The Labute approximate surface area is 97.4 Å². The van der Waals surface area contributed by atoms with Crippen molar-refractivity contribution >= 4 is 38.9 Å². The van der Waals surface area contributed by atoms with Crippen molar-refractivity contribution in [3.05, 3.63) is 20.8 Å². The lowest BCUT2D eigenvalue weighted by Crippen LogP contribution is -2.02. The number of thiophene rings is 1. The van der Waals surface area contributed by atoms with E-state index in [4.69, 9.17) is 11.6 Å². The molecule has 0 aliphatic carbocycles. The highest BCUT2D eigenvalue weighted by Gasteiger charge is 2.19. The average molecular weight is 282 g/mol. The molecular formula is C10H14BrClS. The molecule has 0 fully saturated rings. The monoisotopic (exact) mass is 280 g/mol. The van der Waals surface area contributed by atoms with Gasteiger partial charge in [-0.25, -0.2) is 0 Å². The van der Waals surface area contributed by atoms with Gasteiger partial charge in [-0.2, -0.15) is 0 Å². The van der Waals surface area contributed by atoms with Gasteiger partial charge in [-0.15, -0.1) is 22.9 Å². The van der Waals surface area contributed by atoms with Crippen LogP contribution in [-0.2, 0) is 0 Å². The van der Waals surface area contributed by atoms with Gasteiger partial charge in [-0.3, -0.25) is 0 Å². The second-order valence-corrected chi connectivity index (χ2v) is 5.57. The summed E-state index contributed by atoms with van der Waals surface area (Å²) in [5, 5.41) is 2.24. The van der Waals surface area contributed by atoms with Crippen LogP contribution in [0, 0.1) is 5.92 Å². The van der Waals surface area contributed by atoms with E-state index in [9.17, 15) is 0 Å². The molecule has 2 unspecified atom stereocenters. The van der Waals surface area contributed by atoms with E-state index in [2.05, 4.69) is 41.2 Å². The smallest absolute Gasteiger partial charge is 0.0715 e. The molecule has 1 aromatic heterocycles. The minimum Gasteiger partial charge on any atom is -0.146 e. The van der Waals surface area contributed by atoms with E-state index in [0.717, 1.165) is 4.47 Å². The zero-order valence-corrected chi connectivity index (χ0v) is 11.0. The number of alkyl halides is 1. The summed E-state index contributed by atoms with van der Waals surface area (Å²) in [6.45, 7) is 4.41. The second-order valence-electron chi connectivity index (χ2n) is 3.30. The van der Waals surface area contributed by atoms with Gasteiger partial charge < -0.3 is 0 Å². The summed E-state index contributed by atoms with van der Waals surface area (Å²) in [5.41, 5.74) is 0. The first kappa shape index (κ1) is 11.5. The van der Waals surface area contributed by atoms with Gasteiger partial charge in [0.2, 0.25) is 0 Å². The third kappa shape index (κ3) is 2.97. The molecule has 0 N–H and O–H groups in total. The molecule has 0 saturated heterocycles. The van der Waals surface area contributed by atoms with E-state index in [0.29, 0.717) is 5.92 Å². The Morgan fingerprint density at radius 1 is 1.62 bits per heavy atom. The lowest BCUT2D eigenvalue weighted by molar-refractivity contribution is 0.511. The van der Waals surface area contributed by atoms with Crippen LogP contribution in [0.5, 0.6) is 0 Å². The summed E-state index contributed by atoms with van der Waals surface area (Å²) in [7, 11) is 0. The zero-order valence-electron chi connectivity index (χ0n) is 7.89. The van der Waals surface area contributed by atoms with Gasteiger partial charge in [0.05, 0.1) is 5.38 Å². The van der Waals surface area contributed by atoms with Gasteiger partial charge >= 0.3 is 0 Å². The van der Waals surface area contributed by atoms with Gasteiger partial charge in [0, 0.05) is 9.35 Å². The molecule has 0 spiro atoms. The minimum atomic E-state index is 0.161. The minimum absolute atomic E-state index is 0.161. The second kappa shape index (κ2) is 5.38. The van der Waals surface area contributed by atoms with Crippen LogP contribution in [-0.4, -0.2) is 0 Å². The first-order chi connectivity index (χ1) is 6.16. The highest BCUT2D eigenvalue weighted by Crippen LogP contribution is 2.39. The molecule has 0 nitrogen and oxygen atoms in total.